The van der Waals surface area contributed by atoms with E-state index in [0.29, 0.717) is 18.5 Å². The molecule has 4 nitrogen and oxygen atoms in total. The van der Waals surface area contributed by atoms with E-state index in [4.69, 9.17) is 4.74 Å². The Bertz CT molecular complexity index is 334. The summed E-state index contributed by atoms with van der Waals surface area (Å²) in [4.78, 5) is 21.8. The topological polar surface area (TPSA) is 52.6 Å². The molecule has 1 unspecified atom stereocenters. The van der Waals surface area contributed by atoms with Crippen LogP contribution >= 0.6 is 0 Å². The third kappa shape index (κ3) is 3.73. The van der Waals surface area contributed by atoms with E-state index >= 15 is 0 Å². The Morgan fingerprint density at radius 1 is 1.38 bits per heavy atom. The van der Waals surface area contributed by atoms with Crippen LogP contribution in [0, 0.1) is 0 Å². The van der Waals surface area contributed by atoms with E-state index in [1.807, 2.05) is 13.0 Å². The van der Waals surface area contributed by atoms with Crippen molar-refractivity contribution in [3.05, 3.63) is 35.9 Å². The number of benzene rings is 1. The summed E-state index contributed by atoms with van der Waals surface area (Å²) in [5.41, 5.74) is 0.443. The summed E-state index contributed by atoms with van der Waals surface area (Å²) in [5.74, 6) is -0.485. The molecule has 0 amide bonds. The first-order valence-electron chi connectivity index (χ1n) is 5.13. The Morgan fingerprint density at radius 2 is 2.06 bits per heavy atom. The van der Waals surface area contributed by atoms with Gasteiger partial charge in [0.2, 0.25) is 6.29 Å². The Kier molecular flexibility index (Phi) is 5.05. The first-order valence-corrected chi connectivity index (χ1v) is 5.13. The highest BCUT2D eigenvalue weighted by atomic mass is 16.7. The van der Waals surface area contributed by atoms with Crippen molar-refractivity contribution >= 4 is 12.4 Å². The Hall–Kier alpha value is -1.84. The first-order chi connectivity index (χ1) is 7.77. The van der Waals surface area contributed by atoms with Gasteiger partial charge >= 0.3 is 5.97 Å². The van der Waals surface area contributed by atoms with Crippen molar-refractivity contribution in [2.75, 3.05) is 0 Å². The molecule has 1 atom stereocenters. The van der Waals surface area contributed by atoms with Gasteiger partial charge in [-0.25, -0.2) is 4.79 Å². The molecule has 0 aliphatic carbocycles. The van der Waals surface area contributed by atoms with E-state index in [2.05, 4.69) is 4.74 Å². The lowest BCUT2D eigenvalue weighted by molar-refractivity contribution is -0.153. The van der Waals surface area contributed by atoms with Crippen LogP contribution in [0.1, 0.15) is 30.1 Å². The van der Waals surface area contributed by atoms with Crippen molar-refractivity contribution in [3.63, 3.8) is 0 Å². The SMILES string of the molecule is CCCC(OC=O)OC(=O)c1ccccc1. The van der Waals surface area contributed by atoms with Crippen LogP contribution < -0.4 is 0 Å². The van der Waals surface area contributed by atoms with Gasteiger partial charge in [0.25, 0.3) is 6.47 Å². The van der Waals surface area contributed by atoms with Crippen molar-refractivity contribution in [2.24, 2.45) is 0 Å². The zero-order chi connectivity index (χ0) is 11.8. The maximum Gasteiger partial charge on any atom is 0.341 e. The molecule has 16 heavy (non-hydrogen) atoms. The summed E-state index contributed by atoms with van der Waals surface area (Å²) in [5, 5.41) is 0. The highest BCUT2D eigenvalue weighted by molar-refractivity contribution is 5.89. The fourth-order valence-electron chi connectivity index (χ4n) is 1.21. The van der Waals surface area contributed by atoms with Crippen molar-refractivity contribution in [1.29, 1.82) is 0 Å². The predicted molar refractivity (Wildman–Crippen MR) is 57.7 cm³/mol. The molecule has 1 aromatic rings. The average molecular weight is 222 g/mol. The molecule has 86 valence electrons. The lowest BCUT2D eigenvalue weighted by Crippen LogP contribution is -2.20. The van der Waals surface area contributed by atoms with E-state index < -0.39 is 12.3 Å². The molecular weight excluding hydrogens is 208 g/mol. The van der Waals surface area contributed by atoms with Gasteiger partial charge in [0.1, 0.15) is 0 Å². The van der Waals surface area contributed by atoms with Crippen LogP contribution in [0.5, 0.6) is 0 Å². The van der Waals surface area contributed by atoms with Crippen LogP contribution in [0.4, 0.5) is 0 Å². The van der Waals surface area contributed by atoms with Crippen LogP contribution in [0.3, 0.4) is 0 Å². The maximum absolute atomic E-state index is 11.6. The molecule has 0 heterocycles. The summed E-state index contributed by atoms with van der Waals surface area (Å²) in [6.45, 7) is 2.20. The molecule has 0 saturated carbocycles. The predicted octanol–water partition coefficient (Wildman–Crippen LogP) is 2.14. The second-order valence-electron chi connectivity index (χ2n) is 3.22. The molecule has 1 rings (SSSR count). The molecule has 0 N–H and O–H groups in total. The van der Waals surface area contributed by atoms with Crippen LogP contribution in [-0.4, -0.2) is 18.7 Å². The van der Waals surface area contributed by atoms with Crippen LogP contribution in [0.25, 0.3) is 0 Å². The minimum Gasteiger partial charge on any atom is -0.427 e. The maximum atomic E-state index is 11.6. The number of hydrogen-bond donors (Lipinski definition) is 0. The van der Waals surface area contributed by atoms with Crippen molar-refractivity contribution < 1.29 is 19.1 Å². The smallest absolute Gasteiger partial charge is 0.341 e. The summed E-state index contributed by atoms with van der Waals surface area (Å²) in [6.07, 6.45) is 0.466. The van der Waals surface area contributed by atoms with Crippen LogP contribution in [0.15, 0.2) is 30.3 Å². The standard InChI is InChI=1S/C12H14O4/c1-2-6-11(15-9-13)16-12(14)10-7-4-3-5-8-10/h3-5,7-9,11H,2,6H2,1H3. The number of carbonyl (C=O) groups is 2. The summed E-state index contributed by atoms with van der Waals surface area (Å²) in [7, 11) is 0. The van der Waals surface area contributed by atoms with Gasteiger partial charge in [-0.2, -0.15) is 0 Å². The number of carbonyl (C=O) groups excluding carboxylic acids is 2. The fourth-order valence-corrected chi connectivity index (χ4v) is 1.21. The molecule has 1 aromatic carbocycles. The van der Waals surface area contributed by atoms with Crippen LogP contribution in [0.2, 0.25) is 0 Å². The van der Waals surface area contributed by atoms with Crippen molar-refractivity contribution in [3.8, 4) is 0 Å². The molecule has 0 saturated heterocycles. The van der Waals surface area contributed by atoms with Gasteiger partial charge in [-0.05, 0) is 18.6 Å². The lowest BCUT2D eigenvalue weighted by atomic mass is 10.2. The molecule has 0 radical (unpaired) electrons. The van der Waals surface area contributed by atoms with Gasteiger partial charge in [-0.1, -0.05) is 25.1 Å². The first kappa shape index (κ1) is 12.2. The molecule has 0 aliphatic rings. The van der Waals surface area contributed by atoms with Crippen molar-refractivity contribution in [1.82, 2.24) is 0 Å². The minimum absolute atomic E-state index is 0.290. The van der Waals surface area contributed by atoms with E-state index in [1.54, 1.807) is 24.3 Å². The zero-order valence-electron chi connectivity index (χ0n) is 9.09. The second kappa shape index (κ2) is 6.61. The van der Waals surface area contributed by atoms with Gasteiger partial charge in [-0.15, -0.1) is 0 Å². The Morgan fingerprint density at radius 3 is 2.62 bits per heavy atom. The van der Waals surface area contributed by atoms with E-state index in [-0.39, 0.29) is 0 Å². The lowest BCUT2D eigenvalue weighted by Gasteiger charge is -2.14. The highest BCUT2D eigenvalue weighted by Gasteiger charge is 2.15. The Balaban J connectivity index is 2.57. The summed E-state index contributed by atoms with van der Waals surface area (Å²) >= 11 is 0. The quantitative estimate of drug-likeness (QED) is 0.420. The van der Waals surface area contributed by atoms with Gasteiger partial charge in [-0.3, -0.25) is 4.79 Å². The van der Waals surface area contributed by atoms with E-state index in [0.717, 1.165) is 6.42 Å². The molecule has 0 spiro atoms. The largest absolute Gasteiger partial charge is 0.427 e. The van der Waals surface area contributed by atoms with E-state index in [1.165, 1.54) is 0 Å². The number of rotatable bonds is 6. The normalized spacial score (nSPS) is 11.6. The molecule has 4 heteroatoms. The molecule has 0 aromatic heterocycles. The van der Waals surface area contributed by atoms with Gasteiger partial charge < -0.3 is 9.47 Å². The Labute approximate surface area is 94.2 Å². The van der Waals surface area contributed by atoms with Gasteiger partial charge in [0, 0.05) is 6.42 Å². The van der Waals surface area contributed by atoms with Crippen molar-refractivity contribution in [2.45, 2.75) is 26.1 Å². The fraction of sp³-hybridized carbons (Fsp3) is 0.333. The van der Waals surface area contributed by atoms with Crippen LogP contribution in [-0.2, 0) is 14.3 Å². The molecule has 0 aliphatic heterocycles. The third-order valence-corrected chi connectivity index (χ3v) is 1.98. The number of hydrogen-bond acceptors (Lipinski definition) is 4. The molecule has 0 bridgehead atoms. The third-order valence-electron chi connectivity index (χ3n) is 1.98. The number of ether oxygens (including phenoxy) is 2. The summed E-state index contributed by atoms with van der Waals surface area (Å²) in [6, 6.07) is 8.58. The monoisotopic (exact) mass is 222 g/mol. The molecular formula is C12H14O4. The number of esters is 1. The van der Waals surface area contributed by atoms with Gasteiger partial charge in [0.05, 0.1) is 5.56 Å². The highest BCUT2D eigenvalue weighted by Crippen LogP contribution is 2.08. The average Bonchev–Trinajstić information content (AvgIpc) is 2.31. The molecule has 0 fully saturated rings. The minimum atomic E-state index is -0.796. The van der Waals surface area contributed by atoms with E-state index in [9.17, 15) is 9.59 Å². The zero-order valence-corrected chi connectivity index (χ0v) is 9.09. The van der Waals surface area contributed by atoms with Gasteiger partial charge in [0.15, 0.2) is 0 Å². The second-order valence-corrected chi connectivity index (χ2v) is 3.22. The summed E-state index contributed by atoms with van der Waals surface area (Å²) < 4.78 is 9.68.